The predicted molar refractivity (Wildman–Crippen MR) is 90.8 cm³/mol. The number of benzene rings is 1. The first-order valence-corrected chi connectivity index (χ1v) is 8.19. The zero-order valence-electron chi connectivity index (χ0n) is 13.2. The minimum absolute atomic E-state index is 0. The maximum absolute atomic E-state index is 12.4. The number of sulfonamides is 1. The van der Waals surface area contributed by atoms with Gasteiger partial charge < -0.3 is 10.5 Å². The number of ether oxygens (including phenoxy) is 1. The molecule has 3 N–H and O–H groups in total. The lowest BCUT2D eigenvalue weighted by Gasteiger charge is -2.23. The van der Waals surface area contributed by atoms with Gasteiger partial charge in [0, 0.05) is 12.1 Å². The lowest BCUT2D eigenvalue weighted by molar-refractivity contribution is 0.411. The van der Waals surface area contributed by atoms with E-state index in [1.807, 2.05) is 12.1 Å². The lowest BCUT2D eigenvalue weighted by atomic mass is 10.1. The van der Waals surface area contributed by atoms with Crippen LogP contribution in [-0.4, -0.2) is 37.4 Å². The Balaban J connectivity index is 0.00000264. The van der Waals surface area contributed by atoms with Gasteiger partial charge in [0.2, 0.25) is 10.0 Å². The standard InChI is InChI=1S/C14H20N4O3S.ClH/c1-14(2,10-15)17-22(19,20)11-8-16-18(9-11)12-6-4-5-7-13(12)21-3;/h4-9,17H,10,15H2,1-3H3;1H. The van der Waals surface area contributed by atoms with Crippen molar-refractivity contribution in [2.45, 2.75) is 24.3 Å². The van der Waals surface area contributed by atoms with E-state index < -0.39 is 15.6 Å². The summed E-state index contributed by atoms with van der Waals surface area (Å²) < 4.78 is 34.0. The number of hydrogen-bond donors (Lipinski definition) is 2. The molecule has 0 atom stereocenters. The molecule has 9 heteroatoms. The van der Waals surface area contributed by atoms with Crippen LogP contribution in [0.1, 0.15) is 13.8 Å². The molecule has 128 valence electrons. The van der Waals surface area contributed by atoms with Crippen LogP contribution in [0, 0.1) is 0 Å². The fourth-order valence-electron chi connectivity index (χ4n) is 1.86. The fraction of sp³-hybridized carbons (Fsp3) is 0.357. The number of nitrogens with one attached hydrogen (secondary N) is 1. The van der Waals surface area contributed by atoms with Crippen molar-refractivity contribution in [1.29, 1.82) is 0 Å². The Hall–Kier alpha value is -1.61. The normalized spacial score (nSPS) is 11.8. The van der Waals surface area contributed by atoms with Crippen LogP contribution in [0.3, 0.4) is 0 Å². The van der Waals surface area contributed by atoms with Gasteiger partial charge in [-0.1, -0.05) is 12.1 Å². The Labute approximate surface area is 142 Å². The Kier molecular flexibility index (Phi) is 6.18. The number of para-hydroxylation sites is 2. The number of nitrogens with zero attached hydrogens (tertiary/aromatic N) is 2. The van der Waals surface area contributed by atoms with Crippen molar-refractivity contribution in [3.05, 3.63) is 36.7 Å². The van der Waals surface area contributed by atoms with E-state index in [-0.39, 0.29) is 23.8 Å². The maximum atomic E-state index is 12.4. The molecule has 0 bridgehead atoms. The third kappa shape index (κ3) is 4.44. The molecule has 0 amide bonds. The van der Waals surface area contributed by atoms with Gasteiger partial charge in [0.05, 0.1) is 19.5 Å². The minimum Gasteiger partial charge on any atom is -0.494 e. The number of aromatic nitrogens is 2. The molecular formula is C14H21ClN4O3S. The van der Waals surface area contributed by atoms with Crippen molar-refractivity contribution in [2.24, 2.45) is 5.73 Å². The summed E-state index contributed by atoms with van der Waals surface area (Å²) in [4.78, 5) is 0.0694. The first-order valence-electron chi connectivity index (χ1n) is 6.71. The molecule has 1 aromatic carbocycles. The van der Waals surface area contributed by atoms with E-state index >= 15 is 0 Å². The first kappa shape index (κ1) is 19.4. The van der Waals surface area contributed by atoms with Crippen molar-refractivity contribution in [3.63, 3.8) is 0 Å². The smallest absolute Gasteiger partial charge is 0.244 e. The van der Waals surface area contributed by atoms with Crippen LogP contribution in [0.4, 0.5) is 0 Å². The zero-order chi connectivity index (χ0) is 16.4. The molecular weight excluding hydrogens is 340 g/mol. The average Bonchev–Trinajstić information content (AvgIpc) is 2.97. The fourth-order valence-corrected chi connectivity index (χ4v) is 3.21. The summed E-state index contributed by atoms with van der Waals surface area (Å²) >= 11 is 0. The van der Waals surface area contributed by atoms with E-state index in [9.17, 15) is 8.42 Å². The molecule has 0 unspecified atom stereocenters. The second kappa shape index (κ2) is 7.31. The van der Waals surface area contributed by atoms with Crippen LogP contribution < -0.4 is 15.2 Å². The second-order valence-corrected chi connectivity index (χ2v) is 7.17. The topological polar surface area (TPSA) is 99.2 Å². The molecule has 0 radical (unpaired) electrons. The van der Waals surface area contributed by atoms with Gasteiger partial charge in [0.1, 0.15) is 16.3 Å². The van der Waals surface area contributed by atoms with E-state index in [0.717, 1.165) is 0 Å². The van der Waals surface area contributed by atoms with Gasteiger partial charge in [-0.2, -0.15) is 5.10 Å². The largest absolute Gasteiger partial charge is 0.494 e. The molecule has 0 saturated carbocycles. The monoisotopic (exact) mass is 360 g/mol. The van der Waals surface area contributed by atoms with Crippen LogP contribution in [0.2, 0.25) is 0 Å². The summed E-state index contributed by atoms with van der Waals surface area (Å²) in [6, 6.07) is 7.22. The highest BCUT2D eigenvalue weighted by atomic mass is 35.5. The summed E-state index contributed by atoms with van der Waals surface area (Å²) in [5, 5.41) is 4.10. The Morgan fingerprint density at radius 1 is 1.35 bits per heavy atom. The van der Waals surface area contributed by atoms with Crippen molar-refractivity contribution >= 4 is 22.4 Å². The number of nitrogens with two attached hydrogens (primary N) is 1. The van der Waals surface area contributed by atoms with Crippen molar-refractivity contribution < 1.29 is 13.2 Å². The quantitative estimate of drug-likeness (QED) is 0.809. The third-order valence-corrected chi connectivity index (χ3v) is 4.77. The van der Waals surface area contributed by atoms with Crippen LogP contribution in [0.15, 0.2) is 41.6 Å². The van der Waals surface area contributed by atoms with Crippen LogP contribution in [0.25, 0.3) is 5.69 Å². The molecule has 0 spiro atoms. The maximum Gasteiger partial charge on any atom is 0.244 e. The van der Waals surface area contributed by atoms with Crippen molar-refractivity contribution in [3.8, 4) is 11.4 Å². The van der Waals surface area contributed by atoms with E-state index in [1.54, 1.807) is 33.1 Å². The zero-order valence-corrected chi connectivity index (χ0v) is 14.8. The molecule has 0 aliphatic carbocycles. The van der Waals surface area contributed by atoms with Crippen molar-refractivity contribution in [2.75, 3.05) is 13.7 Å². The first-order chi connectivity index (χ1) is 10.3. The average molecular weight is 361 g/mol. The number of hydrogen-bond acceptors (Lipinski definition) is 5. The van der Waals surface area contributed by atoms with Gasteiger partial charge in [-0.15, -0.1) is 12.4 Å². The Morgan fingerprint density at radius 3 is 2.61 bits per heavy atom. The minimum atomic E-state index is -3.69. The molecule has 2 rings (SSSR count). The number of methoxy groups -OCH3 is 1. The van der Waals surface area contributed by atoms with Gasteiger partial charge in [-0.05, 0) is 26.0 Å². The summed E-state index contributed by atoms with van der Waals surface area (Å²) in [5.41, 5.74) is 5.49. The van der Waals surface area contributed by atoms with Crippen LogP contribution in [0.5, 0.6) is 5.75 Å². The molecule has 23 heavy (non-hydrogen) atoms. The van der Waals surface area contributed by atoms with E-state index in [4.69, 9.17) is 10.5 Å². The molecule has 7 nitrogen and oxygen atoms in total. The van der Waals surface area contributed by atoms with Crippen molar-refractivity contribution in [1.82, 2.24) is 14.5 Å². The Bertz CT molecular complexity index is 759. The van der Waals surface area contributed by atoms with Crippen LogP contribution in [-0.2, 0) is 10.0 Å². The van der Waals surface area contributed by atoms with Gasteiger partial charge in [-0.3, -0.25) is 0 Å². The molecule has 1 heterocycles. The molecule has 0 fully saturated rings. The van der Waals surface area contributed by atoms with E-state index in [2.05, 4.69) is 9.82 Å². The summed E-state index contributed by atoms with van der Waals surface area (Å²) in [5.74, 6) is 0.602. The van der Waals surface area contributed by atoms with Gasteiger partial charge in [0.25, 0.3) is 0 Å². The highest BCUT2D eigenvalue weighted by molar-refractivity contribution is 7.89. The van der Waals surface area contributed by atoms with E-state index in [0.29, 0.717) is 11.4 Å². The highest BCUT2D eigenvalue weighted by Gasteiger charge is 2.26. The van der Waals surface area contributed by atoms with E-state index in [1.165, 1.54) is 17.1 Å². The van der Waals surface area contributed by atoms with Gasteiger partial charge in [0.15, 0.2) is 0 Å². The molecule has 1 aromatic heterocycles. The van der Waals surface area contributed by atoms with Crippen LogP contribution >= 0.6 is 12.4 Å². The predicted octanol–water partition coefficient (Wildman–Crippen LogP) is 1.32. The summed E-state index contributed by atoms with van der Waals surface area (Å²) in [7, 11) is -2.14. The Morgan fingerprint density at radius 2 is 2.00 bits per heavy atom. The van der Waals surface area contributed by atoms with Gasteiger partial charge >= 0.3 is 0 Å². The molecule has 0 aliphatic heterocycles. The molecule has 0 aliphatic rings. The summed E-state index contributed by atoms with van der Waals surface area (Å²) in [6.07, 6.45) is 2.73. The SMILES string of the molecule is COc1ccccc1-n1cc(S(=O)(=O)NC(C)(C)CN)cn1.Cl. The molecule has 0 saturated heterocycles. The number of rotatable bonds is 6. The van der Waals surface area contributed by atoms with Gasteiger partial charge in [-0.25, -0.2) is 17.8 Å². The number of halogens is 1. The third-order valence-electron chi connectivity index (χ3n) is 3.12. The second-order valence-electron chi connectivity index (χ2n) is 5.49. The summed E-state index contributed by atoms with van der Waals surface area (Å²) in [6.45, 7) is 3.62. The lowest BCUT2D eigenvalue weighted by Crippen LogP contribution is -2.48. The highest BCUT2D eigenvalue weighted by Crippen LogP contribution is 2.22. The molecule has 2 aromatic rings.